The third kappa shape index (κ3) is 4.48. The summed E-state index contributed by atoms with van der Waals surface area (Å²) < 4.78 is 39.1. The highest BCUT2D eigenvalue weighted by Gasteiger charge is 2.31. The molecule has 0 saturated carbocycles. The Morgan fingerprint density at radius 2 is 1.79 bits per heavy atom. The summed E-state index contributed by atoms with van der Waals surface area (Å²) >= 11 is 0. The highest BCUT2D eigenvalue weighted by atomic mass is 19.4. The van der Waals surface area contributed by atoms with Crippen LogP contribution < -0.4 is 20.9 Å². The summed E-state index contributed by atoms with van der Waals surface area (Å²) in [5.41, 5.74) is 0.122. The largest absolute Gasteiger partial charge is 0.416 e. The highest BCUT2D eigenvalue weighted by Crippen LogP contribution is 2.35. The van der Waals surface area contributed by atoms with Gasteiger partial charge in [-0.15, -0.1) is 0 Å². The second-order valence-electron chi connectivity index (χ2n) is 6.53. The number of rotatable bonds is 3. The van der Waals surface area contributed by atoms with Crippen molar-refractivity contribution in [2.45, 2.75) is 13.1 Å². The number of amides is 3. The zero-order valence-corrected chi connectivity index (χ0v) is 15.5. The van der Waals surface area contributed by atoms with Crippen LogP contribution in [0.1, 0.15) is 22.8 Å². The number of fused-ring (bicyclic) bond motifs is 1. The normalized spacial score (nSPS) is 13.4. The lowest BCUT2D eigenvalue weighted by molar-refractivity contribution is -0.137. The number of benzene rings is 2. The molecule has 0 saturated heterocycles. The molecule has 3 amide bonds. The Labute approximate surface area is 163 Å². The third-order valence-corrected chi connectivity index (χ3v) is 4.23. The molecule has 0 aliphatic carbocycles. The van der Waals surface area contributed by atoms with Crippen LogP contribution in [0.15, 0.2) is 36.4 Å². The monoisotopic (exact) mass is 406 g/mol. The van der Waals surface area contributed by atoms with Gasteiger partial charge < -0.3 is 20.9 Å². The molecule has 10 heteroatoms. The minimum atomic E-state index is -4.62. The average molecular weight is 406 g/mol. The minimum Gasteiger partial charge on any atom is -0.364 e. The predicted octanol–water partition coefficient (Wildman–Crippen LogP) is 3.30. The first kappa shape index (κ1) is 20.2. The Hall–Kier alpha value is -3.56. The maximum Gasteiger partial charge on any atom is 0.416 e. The summed E-state index contributed by atoms with van der Waals surface area (Å²) in [6, 6.07) is 7.19. The molecule has 7 nitrogen and oxygen atoms in total. The van der Waals surface area contributed by atoms with Crippen LogP contribution in [0.25, 0.3) is 0 Å². The number of alkyl halides is 3. The number of anilines is 4. The van der Waals surface area contributed by atoms with E-state index in [1.54, 1.807) is 18.0 Å². The van der Waals surface area contributed by atoms with Gasteiger partial charge in [0.25, 0.3) is 5.91 Å². The molecule has 1 aliphatic rings. The molecule has 3 N–H and O–H groups in total. The van der Waals surface area contributed by atoms with Gasteiger partial charge in [0.1, 0.15) is 0 Å². The van der Waals surface area contributed by atoms with Crippen LogP contribution in [-0.4, -0.2) is 31.3 Å². The van der Waals surface area contributed by atoms with Gasteiger partial charge in [0.15, 0.2) is 0 Å². The molecular formula is C19H17F3N4O3. The van der Waals surface area contributed by atoms with Crippen LogP contribution in [0.3, 0.4) is 0 Å². The van der Waals surface area contributed by atoms with Gasteiger partial charge in [-0.25, -0.2) is 0 Å². The summed E-state index contributed by atoms with van der Waals surface area (Å²) in [6.45, 7) is 1.37. The molecule has 3 rings (SSSR count). The van der Waals surface area contributed by atoms with E-state index >= 15 is 0 Å². The average Bonchev–Trinajstić information content (AvgIpc) is 2.61. The molecule has 0 radical (unpaired) electrons. The maximum atomic E-state index is 13.0. The number of carbonyl (C=O) groups is 3. The van der Waals surface area contributed by atoms with Gasteiger partial charge in [-0.3, -0.25) is 14.4 Å². The second-order valence-corrected chi connectivity index (χ2v) is 6.53. The van der Waals surface area contributed by atoms with Gasteiger partial charge in [-0.1, -0.05) is 0 Å². The van der Waals surface area contributed by atoms with E-state index in [0.717, 1.165) is 18.2 Å². The molecule has 0 bridgehead atoms. The van der Waals surface area contributed by atoms with Crippen molar-refractivity contribution in [3.63, 3.8) is 0 Å². The number of carbonyl (C=O) groups excluding carboxylic acids is 3. The van der Waals surface area contributed by atoms with Crippen LogP contribution >= 0.6 is 0 Å². The van der Waals surface area contributed by atoms with Gasteiger partial charge in [0.2, 0.25) is 11.8 Å². The molecule has 29 heavy (non-hydrogen) atoms. The maximum absolute atomic E-state index is 13.0. The Morgan fingerprint density at radius 1 is 1.07 bits per heavy atom. The second kappa shape index (κ2) is 7.46. The van der Waals surface area contributed by atoms with Gasteiger partial charge in [0.05, 0.1) is 34.9 Å². The van der Waals surface area contributed by atoms with Gasteiger partial charge in [0, 0.05) is 19.5 Å². The van der Waals surface area contributed by atoms with Crippen molar-refractivity contribution in [1.29, 1.82) is 0 Å². The van der Waals surface area contributed by atoms with E-state index in [1.807, 2.05) is 0 Å². The molecule has 152 valence electrons. The lowest BCUT2D eigenvalue weighted by atomic mass is 10.1. The van der Waals surface area contributed by atoms with E-state index in [2.05, 4.69) is 16.0 Å². The Kier molecular flexibility index (Phi) is 5.19. The molecular weight excluding hydrogens is 389 g/mol. The fourth-order valence-electron chi connectivity index (χ4n) is 2.92. The fraction of sp³-hybridized carbons (Fsp3) is 0.211. The van der Waals surface area contributed by atoms with Crippen LogP contribution in [0, 0.1) is 0 Å². The molecule has 1 aliphatic heterocycles. The van der Waals surface area contributed by atoms with Gasteiger partial charge in [-0.2, -0.15) is 13.2 Å². The standard InChI is InChI=1S/C19H17F3N4O3/c1-10(27)23-13-5-4-12(19(20,21)22)8-14(13)25-18(29)11-3-6-16-15(7-11)24-17(28)9-26(16)2/h3-8H,9H2,1-2H3,(H,23,27)(H,24,28)(H,25,29). The van der Waals surface area contributed by atoms with Gasteiger partial charge in [-0.05, 0) is 36.4 Å². The van der Waals surface area contributed by atoms with Crippen LogP contribution in [0.2, 0.25) is 0 Å². The molecule has 2 aromatic rings. The number of halogens is 3. The minimum absolute atomic E-state index is 0.0323. The number of hydrogen-bond donors (Lipinski definition) is 3. The quantitative estimate of drug-likeness (QED) is 0.730. The zero-order chi connectivity index (χ0) is 21.3. The van der Waals surface area contributed by atoms with Crippen molar-refractivity contribution in [3.8, 4) is 0 Å². The van der Waals surface area contributed by atoms with Crippen LogP contribution in [0.4, 0.5) is 35.9 Å². The van der Waals surface area contributed by atoms with E-state index in [4.69, 9.17) is 0 Å². The number of hydrogen-bond acceptors (Lipinski definition) is 4. The van der Waals surface area contributed by atoms with Crippen molar-refractivity contribution in [2.75, 3.05) is 34.4 Å². The molecule has 0 spiro atoms. The first-order valence-corrected chi connectivity index (χ1v) is 8.50. The van der Waals surface area contributed by atoms with Crippen molar-refractivity contribution >= 4 is 40.5 Å². The lowest BCUT2D eigenvalue weighted by Gasteiger charge is -2.27. The van der Waals surface area contributed by atoms with Crippen molar-refractivity contribution in [3.05, 3.63) is 47.5 Å². The summed E-state index contributed by atoms with van der Waals surface area (Å²) in [6.07, 6.45) is -4.62. The topological polar surface area (TPSA) is 90.5 Å². The molecule has 1 heterocycles. The summed E-state index contributed by atoms with van der Waals surface area (Å²) in [5.74, 6) is -1.44. The molecule has 0 fully saturated rings. The van der Waals surface area contributed by atoms with Crippen LogP contribution in [0.5, 0.6) is 0 Å². The fourth-order valence-corrected chi connectivity index (χ4v) is 2.92. The Balaban J connectivity index is 1.92. The van der Waals surface area contributed by atoms with Crippen LogP contribution in [-0.2, 0) is 15.8 Å². The number of likely N-dealkylation sites (N-methyl/N-ethyl adjacent to an activating group) is 1. The predicted molar refractivity (Wildman–Crippen MR) is 102 cm³/mol. The van der Waals surface area contributed by atoms with Crippen molar-refractivity contribution in [1.82, 2.24) is 0 Å². The first-order valence-electron chi connectivity index (χ1n) is 8.50. The van der Waals surface area contributed by atoms with E-state index in [0.29, 0.717) is 11.4 Å². The van der Waals surface area contributed by atoms with Gasteiger partial charge >= 0.3 is 6.18 Å². The van der Waals surface area contributed by atoms with E-state index in [1.165, 1.54) is 19.1 Å². The van der Waals surface area contributed by atoms with E-state index in [-0.39, 0.29) is 29.4 Å². The number of nitrogens with one attached hydrogen (secondary N) is 3. The molecule has 2 aromatic carbocycles. The smallest absolute Gasteiger partial charge is 0.364 e. The lowest BCUT2D eigenvalue weighted by Crippen LogP contribution is -2.35. The highest BCUT2D eigenvalue weighted by molar-refractivity contribution is 6.09. The SMILES string of the molecule is CC(=O)Nc1ccc(C(F)(F)F)cc1NC(=O)c1ccc2c(c1)NC(=O)CN2C. The summed E-state index contributed by atoms with van der Waals surface area (Å²) in [7, 11) is 1.72. The first-order chi connectivity index (χ1) is 13.5. The third-order valence-electron chi connectivity index (χ3n) is 4.23. The number of nitrogens with zero attached hydrogens (tertiary/aromatic N) is 1. The van der Waals surface area contributed by atoms with E-state index < -0.39 is 23.6 Å². The Bertz CT molecular complexity index is 1000. The zero-order valence-electron chi connectivity index (χ0n) is 15.5. The van der Waals surface area contributed by atoms with Crippen molar-refractivity contribution in [2.24, 2.45) is 0 Å². The molecule has 0 atom stereocenters. The summed E-state index contributed by atoms with van der Waals surface area (Å²) in [5, 5.41) is 7.43. The molecule has 0 aromatic heterocycles. The Morgan fingerprint density at radius 3 is 2.45 bits per heavy atom. The van der Waals surface area contributed by atoms with Crippen molar-refractivity contribution < 1.29 is 27.6 Å². The molecule has 0 unspecified atom stereocenters. The van der Waals surface area contributed by atoms with E-state index in [9.17, 15) is 27.6 Å². The summed E-state index contributed by atoms with van der Waals surface area (Å²) in [4.78, 5) is 37.4.